The van der Waals surface area contributed by atoms with Gasteiger partial charge in [0.25, 0.3) is 5.91 Å². The Bertz CT molecular complexity index is 1090. The molecule has 1 aliphatic rings. The molecule has 3 N–H and O–H groups in total. The molecule has 0 radical (unpaired) electrons. The van der Waals surface area contributed by atoms with Crippen LogP contribution in [0.1, 0.15) is 68.1 Å². The first kappa shape index (κ1) is 24.4. The van der Waals surface area contributed by atoms with Crippen molar-refractivity contribution in [3.63, 3.8) is 0 Å². The molecule has 33 heavy (non-hydrogen) atoms. The van der Waals surface area contributed by atoms with Crippen molar-refractivity contribution in [2.45, 2.75) is 58.7 Å². The van der Waals surface area contributed by atoms with E-state index in [1.54, 1.807) is 19.1 Å². The number of nitrogens with two attached hydrogens (primary N) is 1. The third-order valence-corrected chi connectivity index (χ3v) is 5.60. The maximum absolute atomic E-state index is 14.3. The Kier molecular flexibility index (Phi) is 7.15. The molecule has 2 atom stereocenters. The number of halogens is 2. The van der Waals surface area contributed by atoms with Crippen LogP contribution in [0.2, 0.25) is 0 Å². The zero-order valence-electron chi connectivity index (χ0n) is 19.4. The van der Waals surface area contributed by atoms with Gasteiger partial charge in [0.15, 0.2) is 5.96 Å². The molecule has 8 heteroatoms. The molecule has 0 fully saturated rings. The summed E-state index contributed by atoms with van der Waals surface area (Å²) in [7, 11) is 0. The molecule has 2 aromatic carbocycles. The van der Waals surface area contributed by atoms with Crippen molar-refractivity contribution in [3.8, 4) is 0 Å². The lowest BCUT2D eigenvalue weighted by molar-refractivity contribution is -0.130. The summed E-state index contributed by atoms with van der Waals surface area (Å²) in [5.41, 5.74) is 6.63. The van der Waals surface area contributed by atoms with Crippen LogP contribution in [0.15, 0.2) is 47.5 Å². The number of carbonyl (C=O) groups excluding carboxylic acids is 2. The fraction of sp³-hybridized carbons (Fsp3) is 0.400. The van der Waals surface area contributed by atoms with Crippen LogP contribution in [0.25, 0.3) is 0 Å². The molecule has 0 bridgehead atoms. The molecule has 3 rings (SSSR count). The van der Waals surface area contributed by atoms with E-state index in [-0.39, 0.29) is 30.4 Å². The van der Waals surface area contributed by atoms with E-state index >= 15 is 0 Å². The van der Waals surface area contributed by atoms with E-state index in [1.807, 2.05) is 6.92 Å². The van der Waals surface area contributed by atoms with Crippen LogP contribution in [0.4, 0.5) is 8.78 Å². The van der Waals surface area contributed by atoms with E-state index in [0.29, 0.717) is 17.0 Å². The monoisotopic (exact) mass is 456 g/mol. The van der Waals surface area contributed by atoms with Gasteiger partial charge in [0, 0.05) is 5.56 Å². The number of hydrogen-bond acceptors (Lipinski definition) is 4. The minimum atomic E-state index is -0.610. The minimum absolute atomic E-state index is 0.00339. The average Bonchev–Trinajstić information content (AvgIpc) is 2.69. The summed E-state index contributed by atoms with van der Waals surface area (Å²) in [5.74, 6) is -1.28. The number of carbonyl (C=O) groups is 2. The maximum Gasteiger partial charge on any atom is 0.251 e. The second-order valence-corrected chi connectivity index (χ2v) is 9.32. The lowest BCUT2D eigenvalue weighted by Crippen LogP contribution is -2.50. The molecule has 0 saturated heterocycles. The predicted octanol–water partition coefficient (Wildman–Crippen LogP) is 4.31. The lowest BCUT2D eigenvalue weighted by Gasteiger charge is -2.36. The van der Waals surface area contributed by atoms with Gasteiger partial charge in [0.2, 0.25) is 5.91 Å². The number of nitrogens with one attached hydrogen (secondary N) is 1. The Hall–Kier alpha value is -3.29. The van der Waals surface area contributed by atoms with E-state index in [2.05, 4.69) is 24.2 Å². The number of hydrogen-bond donors (Lipinski definition) is 2. The number of nitrogens with zero attached hydrogens (tertiary/aromatic N) is 2. The first-order valence-electron chi connectivity index (χ1n) is 11.0. The van der Waals surface area contributed by atoms with Crippen molar-refractivity contribution in [2.75, 3.05) is 0 Å². The quantitative estimate of drug-likeness (QED) is 0.651. The fourth-order valence-electron chi connectivity index (χ4n) is 4.29. The Labute approximate surface area is 192 Å². The number of aliphatic imine (C=N–C) groups is 1. The van der Waals surface area contributed by atoms with E-state index < -0.39 is 29.1 Å². The topological polar surface area (TPSA) is 87.8 Å². The molecule has 0 spiro atoms. The minimum Gasteiger partial charge on any atom is -0.369 e. The Morgan fingerprint density at radius 3 is 2.55 bits per heavy atom. The highest BCUT2D eigenvalue weighted by atomic mass is 19.1. The zero-order valence-corrected chi connectivity index (χ0v) is 19.4. The van der Waals surface area contributed by atoms with Crippen LogP contribution >= 0.6 is 0 Å². The summed E-state index contributed by atoms with van der Waals surface area (Å²) in [5, 5.41) is 2.74. The fourth-order valence-corrected chi connectivity index (χ4v) is 4.29. The summed E-state index contributed by atoms with van der Waals surface area (Å²) in [6.07, 6.45) is 0.931. The molecule has 1 aliphatic heterocycles. The molecule has 2 unspecified atom stereocenters. The van der Waals surface area contributed by atoms with Crippen molar-refractivity contribution in [2.24, 2.45) is 16.6 Å². The Balaban J connectivity index is 1.77. The molecular formula is C25H30F2N4O2. The Morgan fingerprint density at radius 1 is 1.18 bits per heavy atom. The van der Waals surface area contributed by atoms with Gasteiger partial charge in [-0.1, -0.05) is 26.0 Å². The van der Waals surface area contributed by atoms with Crippen molar-refractivity contribution < 1.29 is 18.4 Å². The second kappa shape index (κ2) is 9.68. The van der Waals surface area contributed by atoms with Crippen molar-refractivity contribution in [1.29, 1.82) is 0 Å². The predicted molar refractivity (Wildman–Crippen MR) is 123 cm³/mol. The van der Waals surface area contributed by atoms with Gasteiger partial charge in [-0.2, -0.15) is 0 Å². The number of amides is 2. The van der Waals surface area contributed by atoms with E-state index in [1.165, 1.54) is 29.2 Å². The largest absolute Gasteiger partial charge is 0.369 e. The van der Waals surface area contributed by atoms with Gasteiger partial charge in [-0.15, -0.1) is 0 Å². The number of benzene rings is 2. The van der Waals surface area contributed by atoms with Gasteiger partial charge < -0.3 is 11.1 Å². The van der Waals surface area contributed by atoms with Gasteiger partial charge in [-0.3, -0.25) is 14.5 Å². The van der Waals surface area contributed by atoms with Gasteiger partial charge in [-0.05, 0) is 67.6 Å². The SMILES string of the molecule is CC(C)CC1(C)CC(=O)N(Cc2cc(F)cc(C(=O)NC(C)c3cccc(F)c3)c2)C(N)=N1. The molecule has 176 valence electrons. The third kappa shape index (κ3) is 6.15. The summed E-state index contributed by atoms with van der Waals surface area (Å²) in [4.78, 5) is 31.4. The summed E-state index contributed by atoms with van der Waals surface area (Å²) in [6.45, 7) is 7.73. The van der Waals surface area contributed by atoms with E-state index in [0.717, 1.165) is 12.5 Å². The summed E-state index contributed by atoms with van der Waals surface area (Å²) >= 11 is 0. The summed E-state index contributed by atoms with van der Waals surface area (Å²) < 4.78 is 27.8. The number of guanidine groups is 1. The average molecular weight is 457 g/mol. The van der Waals surface area contributed by atoms with Crippen LogP contribution in [0.3, 0.4) is 0 Å². The smallest absolute Gasteiger partial charge is 0.251 e. The second-order valence-electron chi connectivity index (χ2n) is 9.32. The third-order valence-electron chi connectivity index (χ3n) is 5.60. The number of rotatable bonds is 7. The normalized spacial score (nSPS) is 19.4. The van der Waals surface area contributed by atoms with Gasteiger partial charge in [0.05, 0.1) is 24.5 Å². The van der Waals surface area contributed by atoms with Crippen LogP contribution in [0.5, 0.6) is 0 Å². The van der Waals surface area contributed by atoms with E-state index in [4.69, 9.17) is 5.73 Å². The van der Waals surface area contributed by atoms with Crippen LogP contribution in [0, 0.1) is 17.6 Å². The molecule has 2 amide bonds. The van der Waals surface area contributed by atoms with Crippen molar-refractivity contribution in [1.82, 2.24) is 10.2 Å². The van der Waals surface area contributed by atoms with Crippen molar-refractivity contribution in [3.05, 3.63) is 70.8 Å². The first-order valence-corrected chi connectivity index (χ1v) is 11.0. The maximum atomic E-state index is 14.3. The van der Waals surface area contributed by atoms with Crippen LogP contribution in [-0.2, 0) is 11.3 Å². The van der Waals surface area contributed by atoms with Gasteiger partial charge in [-0.25, -0.2) is 13.8 Å². The van der Waals surface area contributed by atoms with Gasteiger partial charge >= 0.3 is 0 Å². The highest BCUT2D eigenvalue weighted by Gasteiger charge is 2.36. The molecule has 6 nitrogen and oxygen atoms in total. The standard InChI is InChI=1S/C25H30F2N4O2/c1-15(2)12-25(4)13-22(32)31(24(28)30-25)14-17-8-19(11-21(27)9-17)23(33)29-16(3)18-6-5-7-20(26)10-18/h5-11,15-16H,12-14H2,1-4H3,(H2,28,30)(H,29,33). The lowest BCUT2D eigenvalue weighted by atomic mass is 9.87. The van der Waals surface area contributed by atoms with Gasteiger partial charge in [0.1, 0.15) is 11.6 Å². The summed E-state index contributed by atoms with van der Waals surface area (Å²) in [6, 6.07) is 9.31. The molecule has 1 heterocycles. The van der Waals surface area contributed by atoms with E-state index in [9.17, 15) is 18.4 Å². The molecular weight excluding hydrogens is 426 g/mol. The highest BCUT2D eigenvalue weighted by molar-refractivity contribution is 5.99. The molecule has 0 aromatic heterocycles. The zero-order chi connectivity index (χ0) is 24.3. The van der Waals surface area contributed by atoms with Crippen LogP contribution < -0.4 is 11.1 Å². The molecule has 0 aliphatic carbocycles. The molecule has 2 aromatic rings. The van der Waals surface area contributed by atoms with Crippen LogP contribution in [-0.4, -0.2) is 28.2 Å². The van der Waals surface area contributed by atoms with Crippen molar-refractivity contribution >= 4 is 17.8 Å². The highest BCUT2D eigenvalue weighted by Crippen LogP contribution is 2.29. The Morgan fingerprint density at radius 2 is 1.91 bits per heavy atom. The molecule has 0 saturated carbocycles. The first-order chi connectivity index (χ1) is 15.5.